The molecule has 24 heavy (non-hydrogen) atoms. The predicted octanol–water partition coefficient (Wildman–Crippen LogP) is 4.67. The molecule has 0 aliphatic carbocycles. The van der Waals surface area contributed by atoms with Crippen molar-refractivity contribution in [1.82, 2.24) is 0 Å². The Morgan fingerprint density at radius 2 is 1.83 bits per heavy atom. The number of carboxylic acids is 1. The first-order chi connectivity index (χ1) is 11.3. The molecular formula is C16H12Cl3NO4. The molecule has 0 heterocycles. The Kier molecular flexibility index (Phi) is 5.94. The number of benzene rings is 2. The van der Waals surface area contributed by atoms with Crippen LogP contribution in [0, 0.1) is 6.92 Å². The Morgan fingerprint density at radius 3 is 2.42 bits per heavy atom. The van der Waals surface area contributed by atoms with E-state index in [1.165, 1.54) is 24.3 Å². The molecule has 0 radical (unpaired) electrons. The van der Waals surface area contributed by atoms with Gasteiger partial charge in [0.05, 0.1) is 15.6 Å². The number of aryl methyl sites for hydroxylation is 1. The molecule has 0 aliphatic heterocycles. The van der Waals surface area contributed by atoms with Gasteiger partial charge in [-0.15, -0.1) is 0 Å². The molecule has 1 amide bonds. The Hall–Kier alpha value is -1.95. The van der Waals surface area contributed by atoms with E-state index in [-0.39, 0.29) is 17.2 Å². The summed E-state index contributed by atoms with van der Waals surface area (Å²) < 4.78 is 5.42. The van der Waals surface area contributed by atoms with Crippen molar-refractivity contribution in [1.29, 1.82) is 0 Å². The zero-order valence-electron chi connectivity index (χ0n) is 12.4. The summed E-state index contributed by atoms with van der Waals surface area (Å²) in [5.74, 6) is -1.22. The maximum absolute atomic E-state index is 11.9. The second-order valence-corrected chi connectivity index (χ2v) is 6.12. The molecule has 8 heteroatoms. The molecule has 0 bridgehead atoms. The van der Waals surface area contributed by atoms with Crippen LogP contribution in [0.4, 0.5) is 5.69 Å². The fourth-order valence-corrected chi connectivity index (χ4v) is 2.88. The molecule has 2 N–H and O–H groups in total. The fraction of sp³-hybridized carbons (Fsp3) is 0.125. The summed E-state index contributed by atoms with van der Waals surface area (Å²) in [6.07, 6.45) is 0. The summed E-state index contributed by atoms with van der Waals surface area (Å²) in [5.41, 5.74) is 1.01. The minimum Gasteiger partial charge on any atom is -0.482 e. The molecule has 0 aromatic heterocycles. The topological polar surface area (TPSA) is 75.6 Å². The minimum atomic E-state index is -1.14. The number of hydrogen-bond donors (Lipinski definition) is 2. The second kappa shape index (κ2) is 7.75. The zero-order valence-corrected chi connectivity index (χ0v) is 14.7. The van der Waals surface area contributed by atoms with Crippen LogP contribution in [0.25, 0.3) is 0 Å². The first-order valence-corrected chi connectivity index (χ1v) is 7.82. The Balaban J connectivity index is 2.02. The number of amides is 1. The molecule has 2 rings (SSSR count). The molecule has 0 saturated heterocycles. The van der Waals surface area contributed by atoms with Gasteiger partial charge in [0.1, 0.15) is 5.75 Å². The number of ether oxygens (including phenoxy) is 1. The van der Waals surface area contributed by atoms with Crippen LogP contribution < -0.4 is 10.1 Å². The fourth-order valence-electron chi connectivity index (χ4n) is 1.97. The van der Waals surface area contributed by atoms with E-state index in [2.05, 4.69) is 5.32 Å². The van der Waals surface area contributed by atoms with E-state index in [1.54, 1.807) is 13.0 Å². The molecular weight excluding hydrogens is 377 g/mol. The highest BCUT2D eigenvalue weighted by Gasteiger charge is 2.12. The number of aromatic carboxylic acids is 1. The minimum absolute atomic E-state index is 0.0257. The van der Waals surface area contributed by atoms with Gasteiger partial charge in [-0.2, -0.15) is 0 Å². The molecule has 2 aromatic rings. The number of halogens is 3. The highest BCUT2D eigenvalue weighted by atomic mass is 35.5. The lowest BCUT2D eigenvalue weighted by Gasteiger charge is -2.12. The van der Waals surface area contributed by atoms with E-state index >= 15 is 0 Å². The summed E-state index contributed by atoms with van der Waals surface area (Å²) in [5, 5.41) is 12.3. The van der Waals surface area contributed by atoms with Crippen molar-refractivity contribution in [3.05, 3.63) is 56.5 Å². The van der Waals surface area contributed by atoms with E-state index in [4.69, 9.17) is 44.6 Å². The molecule has 126 valence electrons. The van der Waals surface area contributed by atoms with Gasteiger partial charge in [0.2, 0.25) is 0 Å². The summed E-state index contributed by atoms with van der Waals surface area (Å²) in [6, 6.07) is 7.29. The van der Waals surface area contributed by atoms with Crippen molar-refractivity contribution in [2.45, 2.75) is 6.92 Å². The number of nitrogens with one attached hydrogen (secondary N) is 1. The van der Waals surface area contributed by atoms with Crippen LogP contribution >= 0.6 is 34.8 Å². The molecule has 2 aromatic carbocycles. The summed E-state index contributed by atoms with van der Waals surface area (Å²) in [4.78, 5) is 22.8. The molecule has 0 saturated carbocycles. The Morgan fingerprint density at radius 1 is 1.12 bits per heavy atom. The standard InChI is InChI=1S/C16H12Cl3NO4/c1-8-4-9(17)5-13(19)15(8)24-7-14(21)20-10-2-3-11(16(22)23)12(18)6-10/h2-6H,7H2,1H3,(H,20,21)(H,22,23). The van der Waals surface area contributed by atoms with Crippen LogP contribution in [0.3, 0.4) is 0 Å². The third-order valence-corrected chi connectivity index (χ3v) is 3.84. The third-order valence-electron chi connectivity index (χ3n) is 3.02. The van der Waals surface area contributed by atoms with Crippen molar-refractivity contribution in [2.75, 3.05) is 11.9 Å². The second-order valence-electron chi connectivity index (χ2n) is 4.87. The third kappa shape index (κ3) is 4.54. The Bertz CT molecular complexity index is 785. The van der Waals surface area contributed by atoms with Crippen LogP contribution in [0.1, 0.15) is 15.9 Å². The maximum Gasteiger partial charge on any atom is 0.337 e. The van der Waals surface area contributed by atoms with Gasteiger partial charge in [0, 0.05) is 10.7 Å². The number of carbonyl (C=O) groups excluding carboxylic acids is 1. The quantitative estimate of drug-likeness (QED) is 0.780. The van der Waals surface area contributed by atoms with E-state index in [0.717, 1.165) is 0 Å². The highest BCUT2D eigenvalue weighted by Crippen LogP contribution is 2.31. The van der Waals surface area contributed by atoms with E-state index in [0.29, 0.717) is 27.0 Å². The van der Waals surface area contributed by atoms with Crippen molar-refractivity contribution >= 4 is 52.4 Å². The van der Waals surface area contributed by atoms with Gasteiger partial charge in [-0.05, 0) is 42.8 Å². The zero-order chi connectivity index (χ0) is 17.9. The highest BCUT2D eigenvalue weighted by molar-refractivity contribution is 6.35. The van der Waals surface area contributed by atoms with Gasteiger partial charge in [0.15, 0.2) is 6.61 Å². The van der Waals surface area contributed by atoms with Crippen LogP contribution in [-0.4, -0.2) is 23.6 Å². The van der Waals surface area contributed by atoms with Crippen LogP contribution in [0.5, 0.6) is 5.75 Å². The lowest BCUT2D eigenvalue weighted by atomic mass is 10.2. The van der Waals surface area contributed by atoms with Gasteiger partial charge in [-0.25, -0.2) is 4.79 Å². The van der Waals surface area contributed by atoms with E-state index < -0.39 is 11.9 Å². The lowest BCUT2D eigenvalue weighted by Crippen LogP contribution is -2.20. The first-order valence-electron chi connectivity index (χ1n) is 6.69. The van der Waals surface area contributed by atoms with Gasteiger partial charge in [-0.1, -0.05) is 34.8 Å². The lowest BCUT2D eigenvalue weighted by molar-refractivity contribution is -0.118. The first kappa shape index (κ1) is 18.4. The predicted molar refractivity (Wildman–Crippen MR) is 93.7 cm³/mol. The molecule has 0 unspecified atom stereocenters. The van der Waals surface area contributed by atoms with Crippen LogP contribution in [-0.2, 0) is 4.79 Å². The summed E-state index contributed by atoms with van der Waals surface area (Å²) in [7, 11) is 0. The summed E-state index contributed by atoms with van der Waals surface area (Å²) >= 11 is 17.7. The van der Waals surface area contributed by atoms with Crippen molar-refractivity contribution in [2.24, 2.45) is 0 Å². The van der Waals surface area contributed by atoms with Gasteiger partial charge in [-0.3, -0.25) is 4.79 Å². The largest absolute Gasteiger partial charge is 0.482 e. The molecule has 0 fully saturated rings. The maximum atomic E-state index is 11.9. The number of anilines is 1. The molecule has 0 aliphatic rings. The SMILES string of the molecule is Cc1cc(Cl)cc(Cl)c1OCC(=O)Nc1ccc(C(=O)O)c(Cl)c1. The van der Waals surface area contributed by atoms with Crippen LogP contribution in [0.15, 0.2) is 30.3 Å². The smallest absolute Gasteiger partial charge is 0.337 e. The average Bonchev–Trinajstić information content (AvgIpc) is 2.45. The van der Waals surface area contributed by atoms with Gasteiger partial charge >= 0.3 is 5.97 Å². The number of hydrogen-bond acceptors (Lipinski definition) is 3. The number of rotatable bonds is 5. The van der Waals surface area contributed by atoms with E-state index in [9.17, 15) is 9.59 Å². The average molecular weight is 389 g/mol. The molecule has 0 spiro atoms. The summed E-state index contributed by atoms with van der Waals surface area (Å²) in [6.45, 7) is 1.48. The normalized spacial score (nSPS) is 10.3. The van der Waals surface area contributed by atoms with Crippen LogP contribution in [0.2, 0.25) is 15.1 Å². The van der Waals surface area contributed by atoms with E-state index in [1.807, 2.05) is 0 Å². The molecule has 0 atom stereocenters. The van der Waals surface area contributed by atoms with Crippen molar-refractivity contribution < 1.29 is 19.4 Å². The number of carboxylic acid groups (broad SMARTS) is 1. The van der Waals surface area contributed by atoms with Crippen molar-refractivity contribution in [3.8, 4) is 5.75 Å². The van der Waals surface area contributed by atoms with Gasteiger partial charge < -0.3 is 15.2 Å². The monoisotopic (exact) mass is 387 g/mol. The van der Waals surface area contributed by atoms with Crippen molar-refractivity contribution in [3.63, 3.8) is 0 Å². The van der Waals surface area contributed by atoms with Gasteiger partial charge in [0.25, 0.3) is 5.91 Å². The Labute approximate surface area is 153 Å². The number of carbonyl (C=O) groups is 2. The molecule has 5 nitrogen and oxygen atoms in total.